The molecule has 2 fully saturated rings. The highest BCUT2D eigenvalue weighted by molar-refractivity contribution is 6.04. The second-order valence-corrected chi connectivity index (χ2v) is 12.2. The van der Waals surface area contributed by atoms with Crippen LogP contribution in [0.2, 0.25) is 0 Å². The lowest BCUT2D eigenvalue weighted by Crippen LogP contribution is -2.46. The molecule has 230 valence electrons. The molecule has 5 rings (SSSR count). The molecule has 1 atom stereocenters. The van der Waals surface area contributed by atoms with Crippen molar-refractivity contribution in [2.24, 2.45) is 0 Å². The van der Waals surface area contributed by atoms with E-state index in [1.807, 2.05) is 12.1 Å². The highest BCUT2D eigenvalue weighted by atomic mass is 16.6. The SMILES string of the molecule is CC(C)(C)OC(=O)NCc1ccc2c(c1OCc1ccc(CN3CCOCC3)cc1)CN([C@H]1CCCC(=O)NC1=O)C2=O. The van der Waals surface area contributed by atoms with Crippen LogP contribution in [0.3, 0.4) is 0 Å². The van der Waals surface area contributed by atoms with Gasteiger partial charge in [0.15, 0.2) is 0 Å². The second kappa shape index (κ2) is 13.1. The molecular weight excluding hydrogens is 552 g/mol. The highest BCUT2D eigenvalue weighted by Crippen LogP contribution is 2.37. The molecule has 11 nitrogen and oxygen atoms in total. The molecule has 0 bridgehead atoms. The van der Waals surface area contributed by atoms with Gasteiger partial charge in [0.05, 0.1) is 19.8 Å². The molecule has 2 N–H and O–H groups in total. The quantitative estimate of drug-likeness (QED) is 0.448. The normalized spacial score (nSPS) is 19.5. The number of fused-ring (bicyclic) bond motifs is 1. The lowest BCUT2D eigenvalue weighted by Gasteiger charge is -2.26. The Morgan fingerprint density at radius 2 is 1.77 bits per heavy atom. The van der Waals surface area contributed by atoms with Crippen LogP contribution < -0.4 is 15.4 Å². The van der Waals surface area contributed by atoms with E-state index < -0.39 is 23.6 Å². The Bertz CT molecular complexity index is 1360. The number of nitrogens with one attached hydrogen (secondary N) is 2. The number of imide groups is 1. The molecular formula is C32H40N4O7. The molecule has 3 heterocycles. The van der Waals surface area contributed by atoms with Crippen molar-refractivity contribution >= 4 is 23.8 Å². The van der Waals surface area contributed by atoms with Crippen molar-refractivity contribution in [2.45, 2.75) is 77.9 Å². The molecule has 3 aliphatic rings. The Kier molecular flexibility index (Phi) is 9.31. The number of rotatable bonds is 8. The van der Waals surface area contributed by atoms with E-state index in [4.69, 9.17) is 14.2 Å². The van der Waals surface area contributed by atoms with E-state index in [1.165, 1.54) is 10.5 Å². The van der Waals surface area contributed by atoms with Gasteiger partial charge in [0.2, 0.25) is 11.8 Å². The van der Waals surface area contributed by atoms with Crippen LogP contribution in [0.4, 0.5) is 4.79 Å². The lowest BCUT2D eigenvalue weighted by atomic mass is 10.0. The van der Waals surface area contributed by atoms with Gasteiger partial charge in [0, 0.05) is 49.3 Å². The second-order valence-electron chi connectivity index (χ2n) is 12.2. The van der Waals surface area contributed by atoms with Gasteiger partial charge < -0.3 is 24.4 Å². The minimum atomic E-state index is -0.749. The van der Waals surface area contributed by atoms with Crippen LogP contribution in [0, 0.1) is 0 Å². The number of carbonyl (C=O) groups excluding carboxylic acids is 4. The van der Waals surface area contributed by atoms with Gasteiger partial charge in [0.1, 0.15) is 24.0 Å². The van der Waals surface area contributed by atoms with E-state index >= 15 is 0 Å². The van der Waals surface area contributed by atoms with Gasteiger partial charge in [-0.05, 0) is 50.8 Å². The summed E-state index contributed by atoms with van der Waals surface area (Å²) in [5, 5.41) is 5.18. The molecule has 2 saturated heterocycles. The summed E-state index contributed by atoms with van der Waals surface area (Å²) >= 11 is 0. The van der Waals surface area contributed by atoms with Crippen LogP contribution >= 0.6 is 0 Å². The maximum absolute atomic E-state index is 13.5. The summed E-state index contributed by atoms with van der Waals surface area (Å²) in [5.74, 6) is -0.581. The zero-order valence-electron chi connectivity index (χ0n) is 25.1. The van der Waals surface area contributed by atoms with E-state index in [0.717, 1.165) is 38.4 Å². The maximum Gasteiger partial charge on any atom is 0.407 e. The fourth-order valence-corrected chi connectivity index (χ4v) is 5.56. The summed E-state index contributed by atoms with van der Waals surface area (Å²) in [6, 6.07) is 11.0. The van der Waals surface area contributed by atoms with Crippen molar-refractivity contribution in [1.82, 2.24) is 20.4 Å². The minimum Gasteiger partial charge on any atom is -0.488 e. The lowest BCUT2D eigenvalue weighted by molar-refractivity contribution is -0.132. The van der Waals surface area contributed by atoms with Gasteiger partial charge in [-0.3, -0.25) is 24.6 Å². The summed E-state index contributed by atoms with van der Waals surface area (Å²) in [7, 11) is 0. The Morgan fingerprint density at radius 3 is 2.49 bits per heavy atom. The Labute approximate surface area is 251 Å². The van der Waals surface area contributed by atoms with Gasteiger partial charge >= 0.3 is 6.09 Å². The van der Waals surface area contributed by atoms with Gasteiger partial charge in [0.25, 0.3) is 5.91 Å². The van der Waals surface area contributed by atoms with Crippen LogP contribution in [-0.2, 0) is 45.3 Å². The third-order valence-corrected chi connectivity index (χ3v) is 7.72. The summed E-state index contributed by atoms with van der Waals surface area (Å²) in [6.45, 7) is 10.1. The maximum atomic E-state index is 13.5. The highest BCUT2D eigenvalue weighted by Gasteiger charge is 2.39. The van der Waals surface area contributed by atoms with E-state index in [0.29, 0.717) is 35.3 Å². The smallest absolute Gasteiger partial charge is 0.407 e. The van der Waals surface area contributed by atoms with Crippen molar-refractivity contribution in [3.05, 3.63) is 64.2 Å². The molecule has 0 unspecified atom stereocenters. The monoisotopic (exact) mass is 592 g/mol. The summed E-state index contributed by atoms with van der Waals surface area (Å²) < 4.78 is 17.2. The molecule has 0 aromatic heterocycles. The Morgan fingerprint density at radius 1 is 1.05 bits per heavy atom. The van der Waals surface area contributed by atoms with Crippen LogP contribution in [0.5, 0.6) is 5.75 Å². The molecule has 0 aliphatic carbocycles. The Balaban J connectivity index is 1.35. The zero-order valence-corrected chi connectivity index (χ0v) is 25.1. The molecule has 3 aliphatic heterocycles. The van der Waals surface area contributed by atoms with Crippen molar-refractivity contribution in [3.8, 4) is 5.75 Å². The average molecular weight is 593 g/mol. The first-order valence-corrected chi connectivity index (χ1v) is 14.8. The number of morpholine rings is 1. The van der Waals surface area contributed by atoms with Crippen LogP contribution in [0.1, 0.15) is 72.6 Å². The first-order valence-electron chi connectivity index (χ1n) is 14.8. The number of amides is 4. The van der Waals surface area contributed by atoms with E-state index in [-0.39, 0.29) is 37.9 Å². The van der Waals surface area contributed by atoms with Gasteiger partial charge in [-0.25, -0.2) is 4.79 Å². The van der Waals surface area contributed by atoms with Crippen LogP contribution in [-0.4, -0.2) is 71.6 Å². The first kappa shape index (κ1) is 30.5. The number of hydrogen-bond donors (Lipinski definition) is 2. The van der Waals surface area contributed by atoms with Gasteiger partial charge in [-0.1, -0.05) is 30.3 Å². The van der Waals surface area contributed by atoms with Gasteiger partial charge in [-0.2, -0.15) is 0 Å². The third-order valence-electron chi connectivity index (χ3n) is 7.72. The van der Waals surface area contributed by atoms with Crippen molar-refractivity contribution in [2.75, 3.05) is 26.3 Å². The predicted molar refractivity (Wildman–Crippen MR) is 157 cm³/mol. The van der Waals surface area contributed by atoms with Crippen molar-refractivity contribution < 1.29 is 33.4 Å². The number of ether oxygens (including phenoxy) is 3. The Hall–Kier alpha value is -3.96. The minimum absolute atomic E-state index is 0.128. The first-order chi connectivity index (χ1) is 20.6. The number of carbonyl (C=O) groups is 4. The van der Waals surface area contributed by atoms with Crippen LogP contribution in [0.25, 0.3) is 0 Å². The van der Waals surface area contributed by atoms with Crippen LogP contribution in [0.15, 0.2) is 36.4 Å². The third kappa shape index (κ3) is 7.71. The molecule has 2 aromatic rings. The summed E-state index contributed by atoms with van der Waals surface area (Å²) in [4.78, 5) is 54.5. The predicted octanol–water partition coefficient (Wildman–Crippen LogP) is 3.27. The molecule has 43 heavy (non-hydrogen) atoms. The molecule has 11 heteroatoms. The largest absolute Gasteiger partial charge is 0.488 e. The zero-order chi connectivity index (χ0) is 30.6. The fraction of sp³-hybridized carbons (Fsp3) is 0.500. The number of alkyl carbamates (subject to hydrolysis) is 1. The molecule has 0 radical (unpaired) electrons. The molecule has 2 aromatic carbocycles. The molecule has 0 saturated carbocycles. The molecule has 4 amide bonds. The van der Waals surface area contributed by atoms with E-state index in [1.54, 1.807) is 32.9 Å². The molecule has 0 spiro atoms. The standard InChI is InChI=1S/C32H40N4O7/c1-32(2,3)43-31(40)33-17-23-11-12-24-25(19-36(30(24)39)26-5-4-6-27(37)34-29(26)38)28(23)42-20-22-9-7-21(8-10-22)18-35-13-15-41-16-14-35/h7-12,26H,4-6,13-20H2,1-3H3,(H,33,40)(H,34,37,38)/t26-/m0/s1. The van der Waals surface area contributed by atoms with Gasteiger partial charge in [-0.15, -0.1) is 0 Å². The topological polar surface area (TPSA) is 127 Å². The number of benzene rings is 2. The van der Waals surface area contributed by atoms with E-state index in [2.05, 4.69) is 27.7 Å². The average Bonchev–Trinajstić information content (AvgIpc) is 3.19. The number of hydrogen-bond acceptors (Lipinski definition) is 8. The summed E-state index contributed by atoms with van der Waals surface area (Å²) in [6.07, 6.45) is 0.597. The fourth-order valence-electron chi connectivity index (χ4n) is 5.56. The summed E-state index contributed by atoms with van der Waals surface area (Å²) in [5.41, 5.74) is 3.29. The van der Waals surface area contributed by atoms with Crippen molar-refractivity contribution in [1.29, 1.82) is 0 Å². The van der Waals surface area contributed by atoms with Crippen molar-refractivity contribution in [3.63, 3.8) is 0 Å². The van der Waals surface area contributed by atoms with E-state index in [9.17, 15) is 19.2 Å². The number of nitrogens with zero attached hydrogens (tertiary/aromatic N) is 2.